The van der Waals surface area contributed by atoms with E-state index in [0.29, 0.717) is 23.5 Å². The smallest absolute Gasteiger partial charge is 0.329 e. The summed E-state index contributed by atoms with van der Waals surface area (Å²) in [5, 5.41) is 2.73. The molecule has 1 unspecified atom stereocenters. The van der Waals surface area contributed by atoms with E-state index in [2.05, 4.69) is 5.32 Å². The molecule has 0 saturated carbocycles. The second kappa shape index (κ2) is 11.3. The highest BCUT2D eigenvalue weighted by Crippen LogP contribution is 2.19. The van der Waals surface area contributed by atoms with Crippen LogP contribution in [0.5, 0.6) is 5.75 Å². The van der Waals surface area contributed by atoms with Crippen molar-refractivity contribution < 1.29 is 23.9 Å². The van der Waals surface area contributed by atoms with Crippen LogP contribution in [0.15, 0.2) is 48.5 Å². The van der Waals surface area contributed by atoms with Gasteiger partial charge in [0.25, 0.3) is 5.91 Å². The van der Waals surface area contributed by atoms with Gasteiger partial charge < -0.3 is 14.8 Å². The summed E-state index contributed by atoms with van der Waals surface area (Å²) in [5.74, 6) is -1.16. The first-order chi connectivity index (χ1) is 14.8. The van der Waals surface area contributed by atoms with Crippen LogP contribution in [0.25, 0.3) is 0 Å². The molecule has 0 bridgehead atoms. The van der Waals surface area contributed by atoms with Gasteiger partial charge in [-0.3, -0.25) is 9.59 Å². The predicted octanol–water partition coefficient (Wildman–Crippen LogP) is 4.22. The number of nitrogens with one attached hydrogen (secondary N) is 1. The lowest BCUT2D eigenvalue weighted by Gasteiger charge is -2.23. The number of Topliss-reactive ketones (excluding diaryl/α,β-unsaturated/α-hetero) is 1. The van der Waals surface area contributed by atoms with Gasteiger partial charge in [0, 0.05) is 5.56 Å². The molecule has 2 aromatic rings. The van der Waals surface area contributed by atoms with Crippen LogP contribution in [-0.4, -0.2) is 36.4 Å². The molecule has 0 saturated heterocycles. The SMILES string of the molecule is CCOc1ccccc1C(=O)N[C@H](C(=O)OC(C)C(=O)c1ccc(CC)cc1)C(C)C. The van der Waals surface area contributed by atoms with Crippen molar-refractivity contribution in [3.05, 3.63) is 65.2 Å². The van der Waals surface area contributed by atoms with Gasteiger partial charge in [0.15, 0.2) is 6.10 Å². The second-order valence-corrected chi connectivity index (χ2v) is 7.62. The number of amides is 1. The van der Waals surface area contributed by atoms with Gasteiger partial charge in [0.2, 0.25) is 5.78 Å². The predicted molar refractivity (Wildman–Crippen MR) is 119 cm³/mol. The van der Waals surface area contributed by atoms with Crippen LogP contribution < -0.4 is 10.1 Å². The number of ether oxygens (including phenoxy) is 2. The van der Waals surface area contributed by atoms with Gasteiger partial charge in [0.1, 0.15) is 11.8 Å². The number of rotatable bonds is 10. The van der Waals surface area contributed by atoms with E-state index in [4.69, 9.17) is 9.47 Å². The molecular weight excluding hydrogens is 394 g/mol. The van der Waals surface area contributed by atoms with Crippen molar-refractivity contribution in [2.24, 2.45) is 5.92 Å². The van der Waals surface area contributed by atoms with E-state index in [9.17, 15) is 14.4 Å². The molecule has 2 aromatic carbocycles. The Hall–Kier alpha value is -3.15. The molecule has 0 aliphatic rings. The Labute approximate surface area is 183 Å². The molecule has 0 radical (unpaired) electrons. The van der Waals surface area contributed by atoms with Crippen LogP contribution in [0.2, 0.25) is 0 Å². The summed E-state index contributed by atoms with van der Waals surface area (Å²) in [4.78, 5) is 38.2. The molecule has 0 fully saturated rings. The first-order valence-electron chi connectivity index (χ1n) is 10.6. The van der Waals surface area contributed by atoms with Crippen LogP contribution >= 0.6 is 0 Å². The van der Waals surface area contributed by atoms with Gasteiger partial charge in [-0.1, -0.05) is 57.2 Å². The maximum Gasteiger partial charge on any atom is 0.329 e. The highest BCUT2D eigenvalue weighted by molar-refractivity contribution is 6.01. The Morgan fingerprint density at radius 2 is 1.58 bits per heavy atom. The highest BCUT2D eigenvalue weighted by Gasteiger charge is 2.30. The minimum Gasteiger partial charge on any atom is -0.493 e. The van der Waals surface area contributed by atoms with Crippen molar-refractivity contribution >= 4 is 17.7 Å². The largest absolute Gasteiger partial charge is 0.493 e. The topological polar surface area (TPSA) is 81.7 Å². The monoisotopic (exact) mass is 425 g/mol. The first kappa shape index (κ1) is 24.1. The average molecular weight is 426 g/mol. The molecule has 0 aromatic heterocycles. The van der Waals surface area contributed by atoms with Crippen molar-refractivity contribution in [2.75, 3.05) is 6.61 Å². The number of carbonyl (C=O) groups excluding carboxylic acids is 3. The van der Waals surface area contributed by atoms with Crippen LogP contribution in [0, 0.1) is 5.92 Å². The number of carbonyl (C=O) groups is 3. The normalized spacial score (nSPS) is 12.7. The summed E-state index contributed by atoms with van der Waals surface area (Å²) in [6.45, 7) is 9.43. The Kier molecular flexibility index (Phi) is 8.79. The fourth-order valence-corrected chi connectivity index (χ4v) is 3.09. The van der Waals surface area contributed by atoms with E-state index >= 15 is 0 Å². The van der Waals surface area contributed by atoms with Crippen LogP contribution in [-0.2, 0) is 16.0 Å². The summed E-state index contributed by atoms with van der Waals surface area (Å²) in [7, 11) is 0. The molecule has 31 heavy (non-hydrogen) atoms. The van der Waals surface area contributed by atoms with E-state index < -0.39 is 24.0 Å². The Balaban J connectivity index is 2.09. The number of hydrogen-bond donors (Lipinski definition) is 1. The van der Waals surface area contributed by atoms with Crippen LogP contribution in [0.3, 0.4) is 0 Å². The lowest BCUT2D eigenvalue weighted by Crippen LogP contribution is -2.46. The van der Waals surface area contributed by atoms with Crippen LogP contribution in [0.4, 0.5) is 0 Å². The molecule has 2 rings (SSSR count). The minimum atomic E-state index is -0.964. The fourth-order valence-electron chi connectivity index (χ4n) is 3.09. The summed E-state index contributed by atoms with van der Waals surface area (Å²) in [6, 6.07) is 13.2. The van der Waals surface area contributed by atoms with Crippen molar-refractivity contribution in [1.82, 2.24) is 5.32 Å². The number of aryl methyl sites for hydroxylation is 1. The van der Waals surface area contributed by atoms with E-state index in [1.807, 2.05) is 26.0 Å². The lowest BCUT2D eigenvalue weighted by atomic mass is 10.0. The average Bonchev–Trinajstić information content (AvgIpc) is 2.77. The Morgan fingerprint density at radius 3 is 2.16 bits per heavy atom. The molecule has 0 aliphatic carbocycles. The van der Waals surface area contributed by atoms with Gasteiger partial charge in [-0.05, 0) is 43.9 Å². The quantitative estimate of drug-likeness (QED) is 0.455. The van der Waals surface area contributed by atoms with E-state index in [1.54, 1.807) is 50.2 Å². The Bertz CT molecular complexity index is 904. The molecule has 0 heterocycles. The molecule has 0 spiro atoms. The third-order valence-corrected chi connectivity index (χ3v) is 4.95. The number of benzene rings is 2. The summed E-state index contributed by atoms with van der Waals surface area (Å²) in [6.07, 6.45) is -0.0878. The molecule has 2 atom stereocenters. The fraction of sp³-hybridized carbons (Fsp3) is 0.400. The maximum absolute atomic E-state index is 12.8. The summed E-state index contributed by atoms with van der Waals surface area (Å²) in [5.41, 5.74) is 1.94. The van der Waals surface area contributed by atoms with Crippen LogP contribution in [0.1, 0.15) is 60.9 Å². The summed E-state index contributed by atoms with van der Waals surface area (Å²) >= 11 is 0. The standard InChI is InChI=1S/C25H31NO5/c1-6-18-12-14-19(15-13-18)23(27)17(5)31-25(29)22(16(3)4)26-24(28)20-10-8-9-11-21(20)30-7-2/h8-17,22H,6-7H2,1-5H3,(H,26,28)/t17?,22-/m0/s1. The summed E-state index contributed by atoms with van der Waals surface area (Å²) < 4.78 is 10.9. The zero-order valence-electron chi connectivity index (χ0n) is 18.8. The third-order valence-electron chi connectivity index (χ3n) is 4.95. The van der Waals surface area contributed by atoms with E-state index in [0.717, 1.165) is 12.0 Å². The molecule has 6 nitrogen and oxygen atoms in total. The molecule has 1 amide bonds. The number of ketones is 1. The van der Waals surface area contributed by atoms with Gasteiger partial charge in [0.05, 0.1) is 12.2 Å². The van der Waals surface area contributed by atoms with Gasteiger partial charge >= 0.3 is 5.97 Å². The second-order valence-electron chi connectivity index (χ2n) is 7.62. The van der Waals surface area contributed by atoms with Gasteiger partial charge in [-0.15, -0.1) is 0 Å². The first-order valence-corrected chi connectivity index (χ1v) is 10.6. The lowest BCUT2D eigenvalue weighted by molar-refractivity contribution is -0.149. The minimum absolute atomic E-state index is 0.234. The zero-order chi connectivity index (χ0) is 23.0. The number of hydrogen-bond acceptors (Lipinski definition) is 5. The van der Waals surface area contributed by atoms with Gasteiger partial charge in [-0.25, -0.2) is 4.79 Å². The van der Waals surface area contributed by atoms with Crippen molar-refractivity contribution in [3.8, 4) is 5.75 Å². The zero-order valence-corrected chi connectivity index (χ0v) is 18.8. The highest BCUT2D eigenvalue weighted by atomic mass is 16.5. The van der Waals surface area contributed by atoms with E-state index in [-0.39, 0.29) is 11.7 Å². The maximum atomic E-state index is 12.8. The van der Waals surface area contributed by atoms with E-state index in [1.165, 1.54) is 6.92 Å². The van der Waals surface area contributed by atoms with Gasteiger partial charge in [-0.2, -0.15) is 0 Å². The molecule has 166 valence electrons. The van der Waals surface area contributed by atoms with Crippen molar-refractivity contribution in [1.29, 1.82) is 0 Å². The molecular formula is C25H31NO5. The molecule has 0 aliphatic heterocycles. The molecule has 1 N–H and O–H groups in total. The molecule has 6 heteroatoms. The van der Waals surface area contributed by atoms with Crippen molar-refractivity contribution in [3.63, 3.8) is 0 Å². The third kappa shape index (κ3) is 6.41. The Morgan fingerprint density at radius 1 is 0.935 bits per heavy atom. The number of esters is 1. The number of para-hydroxylation sites is 1. The van der Waals surface area contributed by atoms with Crippen molar-refractivity contribution in [2.45, 2.75) is 53.2 Å².